The lowest BCUT2D eigenvalue weighted by Crippen LogP contribution is -2.35. The van der Waals surface area contributed by atoms with Crippen LogP contribution in [-0.4, -0.2) is 28.3 Å². The molecular formula is C15H23NO3. The Labute approximate surface area is 114 Å². The Bertz CT molecular complexity index is 453. The third kappa shape index (κ3) is 4.91. The zero-order valence-corrected chi connectivity index (χ0v) is 12.0. The summed E-state index contributed by atoms with van der Waals surface area (Å²) in [6, 6.07) is 4.93. The molecule has 1 atom stereocenters. The summed E-state index contributed by atoms with van der Waals surface area (Å²) in [7, 11) is 0. The molecule has 0 aliphatic rings. The minimum absolute atomic E-state index is 0.275. The summed E-state index contributed by atoms with van der Waals surface area (Å²) in [6.07, 6.45) is 0.715. The first-order valence-corrected chi connectivity index (χ1v) is 6.51. The lowest BCUT2D eigenvalue weighted by atomic mass is 9.94. The zero-order valence-electron chi connectivity index (χ0n) is 12.0. The Morgan fingerprint density at radius 2 is 2.05 bits per heavy atom. The van der Waals surface area contributed by atoms with Crippen LogP contribution in [0.25, 0.3) is 0 Å². The number of carboxylic acid groups (broad SMARTS) is 1. The molecule has 0 aromatic heterocycles. The van der Waals surface area contributed by atoms with E-state index in [2.05, 4.69) is 19.2 Å². The molecule has 0 saturated heterocycles. The molecule has 1 unspecified atom stereocenters. The van der Waals surface area contributed by atoms with Gasteiger partial charge in [0.05, 0.1) is 11.2 Å². The van der Waals surface area contributed by atoms with Gasteiger partial charge in [-0.05, 0) is 49.9 Å². The van der Waals surface area contributed by atoms with E-state index in [0.29, 0.717) is 18.9 Å². The number of carboxylic acids is 1. The molecule has 1 aromatic carbocycles. The molecule has 0 amide bonds. The summed E-state index contributed by atoms with van der Waals surface area (Å²) < 4.78 is 0. The number of hydrogen-bond donors (Lipinski definition) is 3. The quantitative estimate of drug-likeness (QED) is 0.739. The van der Waals surface area contributed by atoms with E-state index in [-0.39, 0.29) is 5.56 Å². The smallest absolute Gasteiger partial charge is 0.335 e. The predicted molar refractivity (Wildman–Crippen MR) is 76.7 cm³/mol. The van der Waals surface area contributed by atoms with Crippen LogP contribution in [0.1, 0.15) is 43.1 Å². The highest BCUT2D eigenvalue weighted by molar-refractivity contribution is 5.88. The van der Waals surface area contributed by atoms with E-state index in [9.17, 15) is 9.90 Å². The van der Waals surface area contributed by atoms with Gasteiger partial charge < -0.3 is 15.5 Å². The van der Waals surface area contributed by atoms with Crippen LogP contribution in [0.15, 0.2) is 18.2 Å². The minimum atomic E-state index is -0.929. The van der Waals surface area contributed by atoms with Crippen molar-refractivity contribution in [2.75, 3.05) is 11.9 Å². The number of benzene rings is 1. The van der Waals surface area contributed by atoms with Gasteiger partial charge in [0, 0.05) is 12.2 Å². The van der Waals surface area contributed by atoms with Crippen LogP contribution in [0.4, 0.5) is 5.69 Å². The minimum Gasteiger partial charge on any atom is -0.478 e. The largest absolute Gasteiger partial charge is 0.478 e. The standard InChI is InChI=1S/C15H23NO3/c1-10(2)8-15(4,19)9-16-13-6-5-12(14(17)18)7-11(13)3/h5-7,10,16,19H,8-9H2,1-4H3,(H,17,18). The third-order valence-corrected chi connectivity index (χ3v) is 2.98. The number of aliphatic hydroxyl groups is 1. The number of aromatic carboxylic acids is 1. The van der Waals surface area contributed by atoms with E-state index in [1.54, 1.807) is 25.1 Å². The molecule has 1 rings (SSSR count). The second-order valence-corrected chi connectivity index (χ2v) is 5.78. The molecular weight excluding hydrogens is 242 g/mol. The normalized spacial score (nSPS) is 14.2. The van der Waals surface area contributed by atoms with Gasteiger partial charge in [0.25, 0.3) is 0 Å². The topological polar surface area (TPSA) is 69.6 Å². The van der Waals surface area contributed by atoms with Gasteiger partial charge in [-0.25, -0.2) is 4.79 Å². The van der Waals surface area contributed by atoms with Crippen molar-refractivity contribution in [3.63, 3.8) is 0 Å². The summed E-state index contributed by atoms with van der Waals surface area (Å²) in [5, 5.41) is 22.3. The molecule has 0 aliphatic heterocycles. The average molecular weight is 265 g/mol. The van der Waals surface area contributed by atoms with Gasteiger partial charge in [0.1, 0.15) is 0 Å². The van der Waals surface area contributed by atoms with Gasteiger partial charge in [0.2, 0.25) is 0 Å². The first-order chi connectivity index (χ1) is 8.71. The van der Waals surface area contributed by atoms with Crippen LogP contribution in [0.3, 0.4) is 0 Å². The molecule has 3 N–H and O–H groups in total. The summed E-state index contributed by atoms with van der Waals surface area (Å²) in [5.74, 6) is -0.506. The summed E-state index contributed by atoms with van der Waals surface area (Å²) >= 11 is 0. The van der Waals surface area contributed by atoms with E-state index >= 15 is 0 Å². The van der Waals surface area contributed by atoms with Crippen molar-refractivity contribution < 1.29 is 15.0 Å². The highest BCUT2D eigenvalue weighted by Crippen LogP contribution is 2.20. The Kier molecular flexibility index (Phi) is 4.95. The molecule has 106 valence electrons. The Balaban J connectivity index is 2.71. The number of carbonyl (C=O) groups is 1. The highest BCUT2D eigenvalue weighted by Gasteiger charge is 2.21. The van der Waals surface area contributed by atoms with Crippen molar-refractivity contribution in [2.45, 2.75) is 39.7 Å². The SMILES string of the molecule is Cc1cc(C(=O)O)ccc1NCC(C)(O)CC(C)C. The summed E-state index contributed by atoms with van der Waals surface area (Å²) in [6.45, 7) is 8.24. The number of hydrogen-bond acceptors (Lipinski definition) is 3. The first kappa shape index (κ1) is 15.5. The van der Waals surface area contributed by atoms with Crippen LogP contribution in [-0.2, 0) is 0 Å². The lowest BCUT2D eigenvalue weighted by molar-refractivity contribution is 0.0515. The Morgan fingerprint density at radius 1 is 1.42 bits per heavy atom. The molecule has 0 aliphatic carbocycles. The molecule has 0 radical (unpaired) electrons. The van der Waals surface area contributed by atoms with Gasteiger partial charge in [-0.2, -0.15) is 0 Å². The lowest BCUT2D eigenvalue weighted by Gasteiger charge is -2.26. The Morgan fingerprint density at radius 3 is 2.53 bits per heavy atom. The van der Waals surface area contributed by atoms with E-state index in [4.69, 9.17) is 5.11 Å². The van der Waals surface area contributed by atoms with Gasteiger partial charge in [-0.3, -0.25) is 0 Å². The number of anilines is 1. The van der Waals surface area contributed by atoms with E-state index < -0.39 is 11.6 Å². The fourth-order valence-corrected chi connectivity index (χ4v) is 2.23. The maximum atomic E-state index is 10.8. The molecule has 0 fully saturated rings. The van der Waals surface area contributed by atoms with Crippen LogP contribution in [0.5, 0.6) is 0 Å². The molecule has 4 nitrogen and oxygen atoms in total. The van der Waals surface area contributed by atoms with E-state index in [1.165, 1.54) is 0 Å². The highest BCUT2D eigenvalue weighted by atomic mass is 16.4. The van der Waals surface area contributed by atoms with Crippen molar-refractivity contribution in [3.05, 3.63) is 29.3 Å². The maximum Gasteiger partial charge on any atom is 0.335 e. The summed E-state index contributed by atoms with van der Waals surface area (Å²) in [5.41, 5.74) is 1.22. The van der Waals surface area contributed by atoms with Crippen LogP contribution < -0.4 is 5.32 Å². The number of rotatable bonds is 6. The van der Waals surface area contributed by atoms with Crippen LogP contribution >= 0.6 is 0 Å². The molecule has 1 aromatic rings. The van der Waals surface area contributed by atoms with E-state index in [0.717, 1.165) is 11.3 Å². The van der Waals surface area contributed by atoms with Crippen molar-refractivity contribution in [3.8, 4) is 0 Å². The average Bonchev–Trinajstić information content (AvgIpc) is 2.25. The van der Waals surface area contributed by atoms with Crippen LogP contribution in [0, 0.1) is 12.8 Å². The second-order valence-electron chi connectivity index (χ2n) is 5.78. The number of aryl methyl sites for hydroxylation is 1. The fourth-order valence-electron chi connectivity index (χ4n) is 2.23. The van der Waals surface area contributed by atoms with E-state index in [1.807, 2.05) is 6.92 Å². The van der Waals surface area contributed by atoms with Gasteiger partial charge >= 0.3 is 5.97 Å². The third-order valence-electron chi connectivity index (χ3n) is 2.98. The fraction of sp³-hybridized carbons (Fsp3) is 0.533. The Hall–Kier alpha value is -1.55. The van der Waals surface area contributed by atoms with Crippen LogP contribution in [0.2, 0.25) is 0 Å². The predicted octanol–water partition coefficient (Wildman–Crippen LogP) is 2.90. The maximum absolute atomic E-state index is 10.8. The molecule has 0 bridgehead atoms. The van der Waals surface area contributed by atoms with Crippen molar-refractivity contribution in [2.24, 2.45) is 5.92 Å². The second kappa shape index (κ2) is 6.06. The monoisotopic (exact) mass is 265 g/mol. The molecule has 0 spiro atoms. The molecule has 19 heavy (non-hydrogen) atoms. The zero-order chi connectivity index (χ0) is 14.6. The van der Waals surface area contributed by atoms with Gasteiger partial charge in [-0.15, -0.1) is 0 Å². The van der Waals surface area contributed by atoms with Gasteiger partial charge in [0.15, 0.2) is 0 Å². The van der Waals surface area contributed by atoms with Gasteiger partial charge in [-0.1, -0.05) is 13.8 Å². The number of nitrogens with one attached hydrogen (secondary N) is 1. The first-order valence-electron chi connectivity index (χ1n) is 6.51. The van der Waals surface area contributed by atoms with Crippen molar-refractivity contribution in [1.29, 1.82) is 0 Å². The molecule has 0 heterocycles. The van der Waals surface area contributed by atoms with Crippen molar-refractivity contribution in [1.82, 2.24) is 0 Å². The molecule has 4 heteroatoms. The summed E-state index contributed by atoms with van der Waals surface area (Å²) in [4.78, 5) is 10.8. The van der Waals surface area contributed by atoms with Crippen molar-refractivity contribution >= 4 is 11.7 Å². The molecule has 0 saturated carbocycles.